The molecule has 0 amide bonds. The highest BCUT2D eigenvalue weighted by Crippen LogP contribution is 2.23. The van der Waals surface area contributed by atoms with E-state index in [1.807, 2.05) is 18.3 Å². The number of hydrogen-bond donors (Lipinski definition) is 1. The van der Waals surface area contributed by atoms with Gasteiger partial charge in [0.2, 0.25) is 0 Å². The van der Waals surface area contributed by atoms with Crippen molar-refractivity contribution in [3.8, 4) is 0 Å². The number of nitrogens with zero attached hydrogens (tertiary/aromatic N) is 1. The van der Waals surface area contributed by atoms with Gasteiger partial charge in [-0.05, 0) is 36.0 Å². The molecule has 2 rings (SSSR count). The Bertz CT molecular complexity index is 453. The van der Waals surface area contributed by atoms with E-state index in [-0.39, 0.29) is 6.04 Å². The lowest BCUT2D eigenvalue weighted by molar-refractivity contribution is 0.514. The van der Waals surface area contributed by atoms with Gasteiger partial charge >= 0.3 is 0 Å². The second-order valence-corrected chi connectivity index (χ2v) is 4.65. The van der Waals surface area contributed by atoms with Gasteiger partial charge in [-0.15, -0.1) is 0 Å². The minimum absolute atomic E-state index is 0.140. The Morgan fingerprint density at radius 2 is 1.89 bits per heavy atom. The number of nitrogens with two attached hydrogens (primary N) is 1. The molecule has 2 N–H and O–H groups in total. The van der Waals surface area contributed by atoms with E-state index in [1.54, 1.807) is 6.20 Å². The van der Waals surface area contributed by atoms with Crippen molar-refractivity contribution in [3.63, 3.8) is 0 Å². The number of benzene rings is 1. The van der Waals surface area contributed by atoms with Crippen molar-refractivity contribution < 1.29 is 0 Å². The Labute approximate surface area is 109 Å². The van der Waals surface area contributed by atoms with E-state index in [4.69, 9.17) is 5.73 Å². The topological polar surface area (TPSA) is 38.9 Å². The largest absolute Gasteiger partial charge is 0.327 e. The van der Waals surface area contributed by atoms with Crippen molar-refractivity contribution in [2.75, 3.05) is 0 Å². The highest BCUT2D eigenvalue weighted by molar-refractivity contribution is 5.22. The van der Waals surface area contributed by atoms with Crippen molar-refractivity contribution >= 4 is 0 Å². The summed E-state index contributed by atoms with van der Waals surface area (Å²) < 4.78 is 0. The molecule has 0 spiro atoms. The van der Waals surface area contributed by atoms with Gasteiger partial charge in [0.15, 0.2) is 0 Å². The molecule has 0 saturated heterocycles. The zero-order chi connectivity index (χ0) is 12.8. The van der Waals surface area contributed by atoms with Crippen LogP contribution in [0.25, 0.3) is 0 Å². The second-order valence-electron chi connectivity index (χ2n) is 4.65. The quantitative estimate of drug-likeness (QED) is 0.872. The van der Waals surface area contributed by atoms with E-state index < -0.39 is 0 Å². The molecule has 94 valence electrons. The van der Waals surface area contributed by atoms with Crippen LogP contribution >= 0.6 is 0 Å². The van der Waals surface area contributed by atoms with E-state index in [1.165, 1.54) is 11.1 Å². The molecule has 18 heavy (non-hydrogen) atoms. The average Bonchev–Trinajstić information content (AvgIpc) is 2.42. The van der Waals surface area contributed by atoms with Crippen LogP contribution in [0.2, 0.25) is 0 Å². The third-order valence-corrected chi connectivity index (χ3v) is 3.38. The molecule has 0 saturated carbocycles. The van der Waals surface area contributed by atoms with Crippen molar-refractivity contribution in [2.24, 2.45) is 5.73 Å². The fourth-order valence-corrected chi connectivity index (χ4v) is 2.42. The summed E-state index contributed by atoms with van der Waals surface area (Å²) in [5.74, 6) is 0.409. The minimum atomic E-state index is 0.140. The van der Waals surface area contributed by atoms with E-state index in [9.17, 15) is 0 Å². The maximum Gasteiger partial charge on any atom is 0.0300 e. The van der Waals surface area contributed by atoms with Gasteiger partial charge in [0.05, 0.1) is 0 Å². The van der Waals surface area contributed by atoms with Crippen molar-refractivity contribution in [1.82, 2.24) is 4.98 Å². The van der Waals surface area contributed by atoms with Crippen LogP contribution in [-0.2, 0) is 6.42 Å². The minimum Gasteiger partial charge on any atom is -0.327 e. The van der Waals surface area contributed by atoms with Crippen LogP contribution in [0.5, 0.6) is 0 Å². The second kappa shape index (κ2) is 6.31. The lowest BCUT2D eigenvalue weighted by Gasteiger charge is -2.23. The number of pyridine rings is 1. The lowest BCUT2D eigenvalue weighted by atomic mass is 9.86. The predicted octanol–water partition coefficient (Wildman–Crippen LogP) is 3.15. The Hall–Kier alpha value is -1.67. The van der Waals surface area contributed by atoms with Crippen LogP contribution in [0.15, 0.2) is 54.9 Å². The summed E-state index contributed by atoms with van der Waals surface area (Å²) in [7, 11) is 0. The highest BCUT2D eigenvalue weighted by atomic mass is 14.7. The van der Waals surface area contributed by atoms with E-state index in [2.05, 4.69) is 42.2 Å². The van der Waals surface area contributed by atoms with Gasteiger partial charge in [0.25, 0.3) is 0 Å². The van der Waals surface area contributed by atoms with Gasteiger partial charge in [0.1, 0.15) is 0 Å². The number of rotatable bonds is 5. The molecule has 0 aliphatic rings. The van der Waals surface area contributed by atoms with Crippen LogP contribution in [-0.4, -0.2) is 11.0 Å². The van der Waals surface area contributed by atoms with Gasteiger partial charge in [-0.3, -0.25) is 4.98 Å². The first kappa shape index (κ1) is 12.8. The zero-order valence-electron chi connectivity index (χ0n) is 10.8. The van der Waals surface area contributed by atoms with Crippen molar-refractivity contribution in [2.45, 2.75) is 31.7 Å². The first-order chi connectivity index (χ1) is 8.81. The maximum absolute atomic E-state index is 6.36. The highest BCUT2D eigenvalue weighted by Gasteiger charge is 2.18. The summed E-state index contributed by atoms with van der Waals surface area (Å²) in [6.45, 7) is 2.20. The number of hydrogen-bond acceptors (Lipinski definition) is 2. The third kappa shape index (κ3) is 3.17. The molecule has 2 heteroatoms. The monoisotopic (exact) mass is 240 g/mol. The molecule has 0 radical (unpaired) electrons. The summed E-state index contributed by atoms with van der Waals surface area (Å²) in [4.78, 5) is 4.14. The molecule has 1 aromatic heterocycles. The first-order valence-corrected chi connectivity index (χ1v) is 6.50. The lowest BCUT2D eigenvalue weighted by Crippen LogP contribution is -2.30. The van der Waals surface area contributed by atoms with Crippen LogP contribution < -0.4 is 5.73 Å². The van der Waals surface area contributed by atoms with Crippen LogP contribution in [0, 0.1) is 0 Å². The Kier molecular flexibility index (Phi) is 4.48. The fraction of sp³-hybridized carbons (Fsp3) is 0.312. The Morgan fingerprint density at radius 1 is 1.11 bits per heavy atom. The molecule has 0 aliphatic carbocycles. The smallest absolute Gasteiger partial charge is 0.0300 e. The van der Waals surface area contributed by atoms with Gasteiger partial charge in [-0.2, -0.15) is 0 Å². The molecule has 2 aromatic rings. The van der Waals surface area contributed by atoms with Crippen LogP contribution in [0.4, 0.5) is 0 Å². The molecule has 0 bridgehead atoms. The van der Waals surface area contributed by atoms with Crippen LogP contribution in [0.3, 0.4) is 0 Å². The first-order valence-electron chi connectivity index (χ1n) is 6.50. The molecule has 0 fully saturated rings. The van der Waals surface area contributed by atoms with E-state index in [0.29, 0.717) is 5.92 Å². The summed E-state index contributed by atoms with van der Waals surface area (Å²) in [5, 5.41) is 0. The number of aromatic nitrogens is 1. The summed E-state index contributed by atoms with van der Waals surface area (Å²) in [6, 6.07) is 14.7. The molecule has 1 aromatic carbocycles. The standard InChI is InChI=1S/C16H20N2/c1-2-15(14-8-4-3-5-9-14)16(17)11-13-7-6-10-18-12-13/h3-10,12,15-16H,2,11,17H2,1H3. The predicted molar refractivity (Wildman–Crippen MR) is 75.4 cm³/mol. The summed E-state index contributed by atoms with van der Waals surface area (Å²) >= 11 is 0. The van der Waals surface area contributed by atoms with E-state index in [0.717, 1.165) is 12.8 Å². The van der Waals surface area contributed by atoms with Gasteiger partial charge in [0, 0.05) is 18.4 Å². The van der Waals surface area contributed by atoms with Gasteiger partial charge in [-0.25, -0.2) is 0 Å². The Balaban J connectivity index is 2.09. The summed E-state index contributed by atoms with van der Waals surface area (Å²) in [5.41, 5.74) is 8.90. The molecule has 2 nitrogen and oxygen atoms in total. The molecule has 2 atom stereocenters. The Morgan fingerprint density at radius 3 is 2.50 bits per heavy atom. The van der Waals surface area contributed by atoms with Crippen molar-refractivity contribution in [1.29, 1.82) is 0 Å². The normalized spacial score (nSPS) is 14.1. The molecular weight excluding hydrogens is 220 g/mol. The molecule has 2 unspecified atom stereocenters. The van der Waals surface area contributed by atoms with E-state index >= 15 is 0 Å². The fourth-order valence-electron chi connectivity index (χ4n) is 2.42. The maximum atomic E-state index is 6.36. The third-order valence-electron chi connectivity index (χ3n) is 3.38. The van der Waals surface area contributed by atoms with Crippen LogP contribution in [0.1, 0.15) is 30.4 Å². The summed E-state index contributed by atoms with van der Waals surface area (Å²) in [6.07, 6.45) is 5.63. The van der Waals surface area contributed by atoms with Gasteiger partial charge < -0.3 is 5.73 Å². The SMILES string of the molecule is CCC(c1ccccc1)C(N)Cc1cccnc1. The molecule has 0 aliphatic heterocycles. The molecule has 1 heterocycles. The van der Waals surface area contributed by atoms with Crippen molar-refractivity contribution in [3.05, 3.63) is 66.0 Å². The average molecular weight is 240 g/mol. The zero-order valence-corrected chi connectivity index (χ0v) is 10.8. The van der Waals surface area contributed by atoms with Gasteiger partial charge in [-0.1, -0.05) is 43.3 Å². The molecular formula is C16H20N2.